The molecule has 2 aromatic heterocycles. The van der Waals surface area contributed by atoms with Gasteiger partial charge >= 0.3 is 6.18 Å². The van der Waals surface area contributed by atoms with Gasteiger partial charge in [0.25, 0.3) is 0 Å². The Bertz CT molecular complexity index is 1080. The van der Waals surface area contributed by atoms with E-state index in [1.54, 1.807) is 31.2 Å². The van der Waals surface area contributed by atoms with Crippen molar-refractivity contribution in [2.75, 3.05) is 0 Å². The molecule has 0 atom stereocenters. The minimum Gasteiger partial charge on any atom is -0.289 e. The fourth-order valence-electron chi connectivity index (χ4n) is 3.09. The van der Waals surface area contributed by atoms with E-state index in [2.05, 4.69) is 4.98 Å². The van der Waals surface area contributed by atoms with Gasteiger partial charge in [0.05, 0.1) is 16.6 Å². The standard InChI is InChI=1S/C17H10F4N2/c1-9-11-4-2-3-5-14(11)23-15(9)12-8-10(18)6-7-13(12)22-16(23)17(19,20)21/h2-8H,1H3. The summed E-state index contributed by atoms with van der Waals surface area (Å²) >= 11 is 0. The van der Waals surface area contributed by atoms with Crippen molar-refractivity contribution in [1.82, 2.24) is 9.38 Å². The summed E-state index contributed by atoms with van der Waals surface area (Å²) in [6.45, 7) is 1.74. The third-order valence-electron chi connectivity index (χ3n) is 4.03. The zero-order valence-electron chi connectivity index (χ0n) is 11.9. The summed E-state index contributed by atoms with van der Waals surface area (Å²) in [6.07, 6.45) is -4.62. The van der Waals surface area contributed by atoms with Gasteiger partial charge in [-0.15, -0.1) is 0 Å². The molecule has 0 spiro atoms. The van der Waals surface area contributed by atoms with Crippen LogP contribution in [0.2, 0.25) is 0 Å². The molecular weight excluding hydrogens is 308 g/mol. The highest BCUT2D eigenvalue weighted by atomic mass is 19.4. The molecule has 4 aromatic rings. The number of benzene rings is 2. The molecule has 0 bridgehead atoms. The van der Waals surface area contributed by atoms with Gasteiger partial charge in [0.1, 0.15) is 5.82 Å². The van der Waals surface area contributed by atoms with Crippen LogP contribution < -0.4 is 0 Å². The molecule has 0 radical (unpaired) electrons. The maximum absolute atomic E-state index is 13.6. The number of rotatable bonds is 0. The van der Waals surface area contributed by atoms with E-state index >= 15 is 0 Å². The molecule has 23 heavy (non-hydrogen) atoms. The number of aromatic nitrogens is 2. The van der Waals surface area contributed by atoms with Gasteiger partial charge in [0.15, 0.2) is 0 Å². The quantitative estimate of drug-likeness (QED) is 0.412. The number of para-hydroxylation sites is 1. The molecule has 0 aliphatic heterocycles. The molecule has 4 rings (SSSR count). The van der Waals surface area contributed by atoms with E-state index in [0.29, 0.717) is 27.4 Å². The maximum Gasteiger partial charge on any atom is 0.450 e. The number of halogens is 4. The van der Waals surface area contributed by atoms with Crippen LogP contribution in [0.5, 0.6) is 0 Å². The molecule has 0 amide bonds. The molecule has 0 aliphatic carbocycles. The van der Waals surface area contributed by atoms with Crippen LogP contribution in [0.3, 0.4) is 0 Å². The maximum atomic E-state index is 13.6. The topological polar surface area (TPSA) is 17.3 Å². The number of fused-ring (bicyclic) bond motifs is 5. The third-order valence-corrected chi connectivity index (χ3v) is 4.03. The molecule has 6 heteroatoms. The molecule has 0 aliphatic rings. The van der Waals surface area contributed by atoms with Crippen molar-refractivity contribution in [3.05, 3.63) is 59.7 Å². The van der Waals surface area contributed by atoms with Crippen LogP contribution in [0.15, 0.2) is 42.5 Å². The van der Waals surface area contributed by atoms with Crippen molar-refractivity contribution in [2.24, 2.45) is 0 Å². The number of aryl methyl sites for hydroxylation is 1. The number of hydrogen-bond donors (Lipinski definition) is 0. The van der Waals surface area contributed by atoms with Gasteiger partial charge < -0.3 is 0 Å². The van der Waals surface area contributed by atoms with Crippen LogP contribution >= 0.6 is 0 Å². The lowest BCUT2D eigenvalue weighted by molar-refractivity contribution is -0.145. The number of hydrogen-bond acceptors (Lipinski definition) is 1. The predicted octanol–water partition coefficient (Wildman–Crippen LogP) is 5.11. The molecular formula is C17H10F4N2. The van der Waals surface area contributed by atoms with Crippen LogP contribution in [-0.4, -0.2) is 9.38 Å². The van der Waals surface area contributed by atoms with Crippen LogP contribution in [0.4, 0.5) is 17.6 Å². The van der Waals surface area contributed by atoms with E-state index in [9.17, 15) is 17.6 Å². The average molecular weight is 318 g/mol. The molecule has 0 saturated heterocycles. The number of nitrogens with zero attached hydrogens (tertiary/aromatic N) is 2. The Hall–Kier alpha value is -2.63. The second-order valence-corrected chi connectivity index (χ2v) is 5.42. The summed E-state index contributed by atoms with van der Waals surface area (Å²) in [5.74, 6) is -1.51. The highest BCUT2D eigenvalue weighted by Crippen LogP contribution is 2.37. The summed E-state index contributed by atoms with van der Waals surface area (Å²) in [5.41, 5.74) is 1.54. The first-order valence-electron chi connectivity index (χ1n) is 6.94. The largest absolute Gasteiger partial charge is 0.450 e. The van der Waals surface area contributed by atoms with Crippen molar-refractivity contribution in [2.45, 2.75) is 13.1 Å². The first-order valence-corrected chi connectivity index (χ1v) is 6.94. The second-order valence-electron chi connectivity index (χ2n) is 5.42. The molecule has 0 N–H and O–H groups in total. The normalized spacial score (nSPS) is 12.6. The Morgan fingerprint density at radius 3 is 2.48 bits per heavy atom. The zero-order valence-corrected chi connectivity index (χ0v) is 11.9. The third kappa shape index (κ3) is 1.91. The Balaban J connectivity index is 2.38. The van der Waals surface area contributed by atoms with Gasteiger partial charge in [0.2, 0.25) is 5.82 Å². The van der Waals surface area contributed by atoms with E-state index in [1.807, 2.05) is 0 Å². The van der Waals surface area contributed by atoms with Crippen molar-refractivity contribution in [1.29, 1.82) is 0 Å². The first-order chi connectivity index (χ1) is 10.9. The smallest absolute Gasteiger partial charge is 0.289 e. The summed E-state index contributed by atoms with van der Waals surface area (Å²) in [7, 11) is 0. The lowest BCUT2D eigenvalue weighted by atomic mass is 10.1. The van der Waals surface area contributed by atoms with E-state index in [4.69, 9.17) is 0 Å². The second kappa shape index (κ2) is 4.44. The van der Waals surface area contributed by atoms with E-state index in [1.165, 1.54) is 12.1 Å². The predicted molar refractivity (Wildman–Crippen MR) is 79.9 cm³/mol. The van der Waals surface area contributed by atoms with Gasteiger partial charge in [-0.05, 0) is 36.8 Å². The summed E-state index contributed by atoms with van der Waals surface area (Å²) in [4.78, 5) is 3.75. The van der Waals surface area contributed by atoms with Gasteiger partial charge in [0, 0.05) is 10.8 Å². The Morgan fingerprint density at radius 1 is 1.00 bits per heavy atom. The number of alkyl halides is 3. The van der Waals surface area contributed by atoms with Crippen LogP contribution in [0.1, 0.15) is 11.4 Å². The molecule has 2 aromatic carbocycles. The van der Waals surface area contributed by atoms with Crippen molar-refractivity contribution in [3.63, 3.8) is 0 Å². The fourth-order valence-corrected chi connectivity index (χ4v) is 3.09. The fraction of sp³-hybridized carbons (Fsp3) is 0.118. The van der Waals surface area contributed by atoms with Crippen LogP contribution in [0.25, 0.3) is 27.3 Å². The molecule has 0 unspecified atom stereocenters. The van der Waals surface area contributed by atoms with E-state index < -0.39 is 17.8 Å². The van der Waals surface area contributed by atoms with Gasteiger partial charge in [-0.25, -0.2) is 9.37 Å². The van der Waals surface area contributed by atoms with E-state index in [0.717, 1.165) is 10.5 Å². The SMILES string of the molecule is Cc1c2ccccc2n2c(C(F)(F)F)nc3ccc(F)cc3c12. The summed E-state index contributed by atoms with van der Waals surface area (Å²) < 4.78 is 55.2. The highest BCUT2D eigenvalue weighted by molar-refractivity contribution is 6.04. The molecule has 0 fully saturated rings. The Labute approximate surface area is 128 Å². The molecule has 2 nitrogen and oxygen atoms in total. The average Bonchev–Trinajstić information content (AvgIpc) is 2.80. The Morgan fingerprint density at radius 2 is 1.74 bits per heavy atom. The lowest BCUT2D eigenvalue weighted by Gasteiger charge is -2.12. The minimum absolute atomic E-state index is 0.122. The van der Waals surface area contributed by atoms with Gasteiger partial charge in [-0.3, -0.25) is 4.40 Å². The summed E-state index contributed by atoms with van der Waals surface area (Å²) in [6, 6.07) is 10.4. The molecule has 116 valence electrons. The molecule has 2 heterocycles. The Kier molecular flexibility index (Phi) is 2.70. The van der Waals surface area contributed by atoms with Gasteiger partial charge in [-0.2, -0.15) is 13.2 Å². The highest BCUT2D eigenvalue weighted by Gasteiger charge is 2.37. The van der Waals surface area contributed by atoms with Gasteiger partial charge in [-0.1, -0.05) is 18.2 Å². The van der Waals surface area contributed by atoms with Crippen LogP contribution in [0, 0.1) is 12.7 Å². The monoisotopic (exact) mass is 318 g/mol. The first kappa shape index (κ1) is 14.0. The van der Waals surface area contributed by atoms with Crippen LogP contribution in [-0.2, 0) is 6.18 Å². The zero-order chi connectivity index (χ0) is 16.4. The summed E-state index contributed by atoms with van der Waals surface area (Å²) in [5, 5.41) is 1.06. The van der Waals surface area contributed by atoms with Crippen molar-refractivity contribution < 1.29 is 17.6 Å². The van der Waals surface area contributed by atoms with Crippen molar-refractivity contribution in [3.8, 4) is 0 Å². The van der Waals surface area contributed by atoms with E-state index in [-0.39, 0.29) is 5.52 Å². The lowest BCUT2D eigenvalue weighted by Crippen LogP contribution is -2.14. The van der Waals surface area contributed by atoms with Crippen molar-refractivity contribution >= 4 is 27.3 Å². The minimum atomic E-state index is -4.62. The molecule has 0 saturated carbocycles.